The number of carboxylic acid groups (broad SMARTS) is 1. The van der Waals surface area contributed by atoms with Crippen molar-refractivity contribution in [1.82, 2.24) is 4.90 Å². The summed E-state index contributed by atoms with van der Waals surface area (Å²) >= 11 is 0. The lowest BCUT2D eigenvalue weighted by atomic mass is 9.77. The van der Waals surface area contributed by atoms with Crippen molar-refractivity contribution in [2.45, 2.75) is 31.5 Å². The molecule has 1 spiro atoms. The number of amides is 1. The van der Waals surface area contributed by atoms with Gasteiger partial charge in [0.1, 0.15) is 5.60 Å². The Morgan fingerprint density at radius 1 is 1.67 bits per heavy atom. The second-order valence-corrected chi connectivity index (χ2v) is 5.33. The van der Waals surface area contributed by atoms with Crippen molar-refractivity contribution in [2.75, 3.05) is 13.1 Å². The molecular weight excluding hydrogens is 234 g/mol. The van der Waals surface area contributed by atoms with Crippen LogP contribution in [0.5, 0.6) is 0 Å². The highest BCUT2D eigenvalue weighted by atomic mass is 16.5. The fraction of sp³-hybridized carbons (Fsp3) is 0.692. The molecule has 0 saturated carbocycles. The van der Waals surface area contributed by atoms with E-state index in [4.69, 9.17) is 4.74 Å². The minimum absolute atomic E-state index is 0.0931. The molecule has 5 heteroatoms. The summed E-state index contributed by atoms with van der Waals surface area (Å²) in [5.74, 6) is -2.69. The summed E-state index contributed by atoms with van der Waals surface area (Å²) in [6.45, 7) is 3.22. The van der Waals surface area contributed by atoms with Gasteiger partial charge in [0.15, 0.2) is 0 Å². The molecule has 2 fully saturated rings. The monoisotopic (exact) mass is 250 g/mol. The molecule has 0 unspecified atom stereocenters. The quantitative estimate of drug-likeness (QED) is 0.620. The molecule has 2 saturated heterocycles. The number of nitrogens with zero attached hydrogens (tertiary/aromatic N) is 1. The molecule has 2 bridgehead atoms. The number of likely N-dealkylation sites (tertiary alicyclic amines) is 1. The average molecular weight is 250 g/mol. The van der Waals surface area contributed by atoms with Crippen LogP contribution in [0.1, 0.15) is 19.8 Å². The van der Waals surface area contributed by atoms with Crippen LogP contribution < -0.4 is 5.11 Å². The molecule has 98 valence electrons. The Morgan fingerprint density at radius 2 is 2.44 bits per heavy atom. The van der Waals surface area contributed by atoms with Crippen molar-refractivity contribution in [2.24, 2.45) is 11.8 Å². The first kappa shape index (κ1) is 11.7. The lowest BCUT2D eigenvalue weighted by Gasteiger charge is -2.24. The lowest BCUT2D eigenvalue weighted by Crippen LogP contribution is -2.45. The topological polar surface area (TPSA) is 69.7 Å². The Kier molecular flexibility index (Phi) is 2.48. The van der Waals surface area contributed by atoms with Crippen LogP contribution in [0.3, 0.4) is 0 Å². The zero-order valence-corrected chi connectivity index (χ0v) is 10.3. The molecule has 18 heavy (non-hydrogen) atoms. The largest absolute Gasteiger partial charge is 0.550 e. The van der Waals surface area contributed by atoms with E-state index in [1.807, 2.05) is 6.08 Å². The summed E-state index contributed by atoms with van der Waals surface area (Å²) in [5, 5.41) is 11.2. The summed E-state index contributed by atoms with van der Waals surface area (Å²) in [5.41, 5.74) is -0.708. The van der Waals surface area contributed by atoms with Crippen molar-refractivity contribution in [3.8, 4) is 0 Å². The Labute approximate surface area is 105 Å². The lowest BCUT2D eigenvalue weighted by molar-refractivity contribution is -0.313. The first-order valence-electron chi connectivity index (χ1n) is 6.46. The Balaban J connectivity index is 1.87. The van der Waals surface area contributed by atoms with Gasteiger partial charge in [-0.15, -0.1) is 0 Å². The molecule has 0 aliphatic carbocycles. The maximum Gasteiger partial charge on any atom is 0.229 e. The van der Waals surface area contributed by atoms with Crippen molar-refractivity contribution in [3.05, 3.63) is 12.2 Å². The number of ether oxygens (including phenoxy) is 1. The number of unbranched alkanes of at least 4 members (excludes halogenated alkanes) is 1. The minimum Gasteiger partial charge on any atom is -0.550 e. The van der Waals surface area contributed by atoms with E-state index in [-0.39, 0.29) is 5.91 Å². The van der Waals surface area contributed by atoms with Gasteiger partial charge in [-0.1, -0.05) is 25.5 Å². The van der Waals surface area contributed by atoms with E-state index in [0.29, 0.717) is 13.1 Å². The van der Waals surface area contributed by atoms with Gasteiger partial charge in [-0.25, -0.2) is 0 Å². The van der Waals surface area contributed by atoms with Gasteiger partial charge >= 0.3 is 0 Å². The van der Waals surface area contributed by atoms with E-state index in [9.17, 15) is 14.7 Å². The van der Waals surface area contributed by atoms with Crippen molar-refractivity contribution in [1.29, 1.82) is 0 Å². The molecule has 0 radical (unpaired) electrons. The highest BCUT2D eigenvalue weighted by molar-refractivity contribution is 5.90. The van der Waals surface area contributed by atoms with E-state index in [0.717, 1.165) is 12.8 Å². The van der Waals surface area contributed by atoms with Crippen molar-refractivity contribution >= 4 is 11.9 Å². The van der Waals surface area contributed by atoms with Gasteiger partial charge in [0, 0.05) is 18.4 Å². The van der Waals surface area contributed by atoms with Crippen LogP contribution in [0.25, 0.3) is 0 Å². The Morgan fingerprint density at radius 3 is 3.11 bits per heavy atom. The summed E-state index contributed by atoms with van der Waals surface area (Å²) in [6, 6.07) is 0. The highest BCUT2D eigenvalue weighted by Gasteiger charge is 2.65. The van der Waals surface area contributed by atoms with Crippen LogP contribution in [-0.2, 0) is 14.3 Å². The number of carbonyl (C=O) groups is 2. The fourth-order valence-electron chi connectivity index (χ4n) is 3.39. The number of hydrogen-bond donors (Lipinski definition) is 0. The Bertz CT molecular complexity index is 433. The molecule has 0 N–H and O–H groups in total. The number of rotatable bonds is 4. The van der Waals surface area contributed by atoms with Crippen LogP contribution in [-0.4, -0.2) is 41.6 Å². The number of aliphatic carboxylic acids is 1. The fourth-order valence-corrected chi connectivity index (χ4v) is 3.39. The summed E-state index contributed by atoms with van der Waals surface area (Å²) in [7, 11) is 0. The SMILES string of the molecule is CCCCN1C[C@@]23C=C[C@@H](O2)[C@H](C(=O)[O-])[C@@H]3C1=O. The number of fused-ring (bicyclic) bond motifs is 1. The highest BCUT2D eigenvalue weighted by Crippen LogP contribution is 2.51. The zero-order chi connectivity index (χ0) is 12.9. The molecule has 0 aromatic rings. The molecule has 3 aliphatic heterocycles. The predicted octanol–water partition coefficient (Wildman–Crippen LogP) is -0.682. The first-order chi connectivity index (χ1) is 8.59. The van der Waals surface area contributed by atoms with E-state index in [1.54, 1.807) is 11.0 Å². The summed E-state index contributed by atoms with van der Waals surface area (Å²) in [4.78, 5) is 25.2. The van der Waals surface area contributed by atoms with E-state index >= 15 is 0 Å². The average Bonchev–Trinajstić information content (AvgIpc) is 2.95. The summed E-state index contributed by atoms with van der Waals surface area (Å²) < 4.78 is 5.74. The number of hydrogen-bond acceptors (Lipinski definition) is 4. The van der Waals surface area contributed by atoms with E-state index in [2.05, 4.69) is 6.92 Å². The Hall–Kier alpha value is -1.36. The van der Waals surface area contributed by atoms with Crippen molar-refractivity contribution in [3.63, 3.8) is 0 Å². The third kappa shape index (κ3) is 1.37. The zero-order valence-electron chi connectivity index (χ0n) is 10.3. The molecule has 5 nitrogen and oxygen atoms in total. The van der Waals surface area contributed by atoms with Crippen LogP contribution in [0, 0.1) is 11.8 Å². The van der Waals surface area contributed by atoms with Gasteiger partial charge in [-0.3, -0.25) is 4.79 Å². The number of carboxylic acids is 1. The van der Waals surface area contributed by atoms with Crippen LogP contribution in [0.4, 0.5) is 0 Å². The maximum absolute atomic E-state index is 12.3. The first-order valence-corrected chi connectivity index (χ1v) is 6.46. The van der Waals surface area contributed by atoms with Gasteiger partial charge in [0.05, 0.1) is 18.6 Å². The van der Waals surface area contributed by atoms with Crippen LogP contribution >= 0.6 is 0 Å². The van der Waals surface area contributed by atoms with Gasteiger partial charge in [-0.05, 0) is 6.42 Å². The number of carbonyl (C=O) groups excluding carboxylic acids is 2. The molecule has 0 aromatic heterocycles. The van der Waals surface area contributed by atoms with Crippen LogP contribution in [0.2, 0.25) is 0 Å². The second-order valence-electron chi connectivity index (χ2n) is 5.33. The van der Waals surface area contributed by atoms with Gasteiger partial charge in [0.2, 0.25) is 5.91 Å². The molecule has 0 aromatic carbocycles. The van der Waals surface area contributed by atoms with Gasteiger partial charge in [-0.2, -0.15) is 0 Å². The summed E-state index contributed by atoms with van der Waals surface area (Å²) in [6.07, 6.45) is 5.07. The smallest absolute Gasteiger partial charge is 0.229 e. The minimum atomic E-state index is -1.18. The van der Waals surface area contributed by atoms with Crippen molar-refractivity contribution < 1.29 is 19.4 Å². The van der Waals surface area contributed by atoms with E-state index in [1.165, 1.54) is 0 Å². The second kappa shape index (κ2) is 3.82. The molecule has 3 rings (SSSR count). The maximum atomic E-state index is 12.3. The molecule has 4 atom stereocenters. The molecule has 3 aliphatic rings. The molecular formula is C13H16NO4-. The van der Waals surface area contributed by atoms with Gasteiger partial charge < -0.3 is 19.5 Å². The third-order valence-corrected chi connectivity index (χ3v) is 4.23. The normalized spacial score (nSPS) is 40.6. The van der Waals surface area contributed by atoms with Crippen LogP contribution in [0.15, 0.2) is 12.2 Å². The third-order valence-electron chi connectivity index (χ3n) is 4.23. The van der Waals surface area contributed by atoms with Gasteiger partial charge in [0.25, 0.3) is 0 Å². The predicted molar refractivity (Wildman–Crippen MR) is 60.2 cm³/mol. The molecule has 1 amide bonds. The standard InChI is InChI=1S/C13H17NO4/c1-2-3-6-14-7-13-5-4-8(18-13)9(12(16)17)10(13)11(14)15/h4-5,8-10H,2-3,6-7H2,1H3,(H,16,17)/p-1/t8-,9+,10-,13-/m1/s1. The molecule has 3 heterocycles. The van der Waals surface area contributed by atoms with E-state index < -0.39 is 29.5 Å².